The summed E-state index contributed by atoms with van der Waals surface area (Å²) in [6.07, 6.45) is 2.60. The van der Waals surface area contributed by atoms with Crippen molar-refractivity contribution in [1.82, 2.24) is 14.9 Å². The topological polar surface area (TPSA) is 105 Å². The lowest BCUT2D eigenvalue weighted by atomic mass is 10.2. The summed E-state index contributed by atoms with van der Waals surface area (Å²) in [5.41, 5.74) is 0.299. The second-order valence-electron chi connectivity index (χ2n) is 6.72. The molecule has 0 aliphatic heterocycles. The molecule has 8 nitrogen and oxygen atoms in total. The highest BCUT2D eigenvalue weighted by Crippen LogP contribution is 2.27. The lowest BCUT2D eigenvalue weighted by molar-refractivity contribution is 0.0531. The summed E-state index contributed by atoms with van der Waals surface area (Å²) in [5.74, 6) is 0.0344. The summed E-state index contributed by atoms with van der Waals surface area (Å²) in [4.78, 5) is 35.0. The predicted octanol–water partition coefficient (Wildman–Crippen LogP) is 2.25. The number of aromatic amines is 1. The Bertz CT molecular complexity index is 892. The predicted molar refractivity (Wildman–Crippen MR) is 114 cm³/mol. The van der Waals surface area contributed by atoms with E-state index in [0.717, 1.165) is 17.8 Å². The number of aliphatic hydroxyl groups is 1. The molecule has 1 unspecified atom stereocenters. The number of aromatic nitrogens is 2. The van der Waals surface area contributed by atoms with Gasteiger partial charge in [-0.1, -0.05) is 6.08 Å². The number of hydrogen-bond donors (Lipinski definition) is 2. The van der Waals surface area contributed by atoms with E-state index in [0.29, 0.717) is 59.1 Å². The average Bonchev–Trinajstić information content (AvgIpc) is 3.01. The molecule has 0 aromatic carbocycles. The molecule has 0 aliphatic rings. The van der Waals surface area contributed by atoms with Crippen molar-refractivity contribution < 1.29 is 19.4 Å². The molecule has 2 rings (SSSR count). The third-order valence-electron chi connectivity index (χ3n) is 4.47. The van der Waals surface area contributed by atoms with Gasteiger partial charge in [0.1, 0.15) is 15.5 Å². The van der Waals surface area contributed by atoms with Crippen molar-refractivity contribution in [2.24, 2.45) is 0 Å². The van der Waals surface area contributed by atoms with E-state index >= 15 is 0 Å². The zero-order valence-electron chi connectivity index (χ0n) is 17.2. The van der Waals surface area contributed by atoms with E-state index in [9.17, 15) is 14.7 Å². The number of aryl methyl sites for hydroxylation is 1. The van der Waals surface area contributed by atoms with Crippen LogP contribution in [0.4, 0.5) is 0 Å². The maximum Gasteiger partial charge on any atom is 0.348 e. The zero-order valence-corrected chi connectivity index (χ0v) is 18.0. The fourth-order valence-corrected chi connectivity index (χ4v) is 4.12. The Morgan fingerprint density at radius 3 is 2.90 bits per heavy atom. The Morgan fingerprint density at radius 1 is 1.48 bits per heavy atom. The molecular formula is C20H29N3O5S. The van der Waals surface area contributed by atoms with Crippen LogP contribution in [0, 0.1) is 6.92 Å². The molecule has 2 heterocycles. The largest absolute Gasteiger partial charge is 0.462 e. The molecule has 2 aromatic heterocycles. The number of allylic oxidation sites excluding steroid dienone is 1. The first-order valence-corrected chi connectivity index (χ1v) is 10.4. The van der Waals surface area contributed by atoms with Gasteiger partial charge in [-0.15, -0.1) is 17.9 Å². The van der Waals surface area contributed by atoms with Gasteiger partial charge in [0.15, 0.2) is 0 Å². The van der Waals surface area contributed by atoms with Crippen molar-refractivity contribution in [2.45, 2.75) is 39.3 Å². The molecule has 0 amide bonds. The quantitative estimate of drug-likeness (QED) is 0.398. The normalized spacial score (nSPS) is 12.4. The van der Waals surface area contributed by atoms with Gasteiger partial charge in [0.05, 0.1) is 31.2 Å². The highest BCUT2D eigenvalue weighted by atomic mass is 32.1. The third kappa shape index (κ3) is 6.20. The van der Waals surface area contributed by atoms with E-state index < -0.39 is 12.1 Å². The molecular weight excluding hydrogens is 394 g/mol. The number of methoxy groups -OCH3 is 1. The molecule has 2 N–H and O–H groups in total. The summed E-state index contributed by atoms with van der Waals surface area (Å²) in [7, 11) is 1.61. The van der Waals surface area contributed by atoms with Gasteiger partial charge in [0.25, 0.3) is 5.56 Å². The number of fused-ring (bicyclic) bond motifs is 1. The first kappa shape index (κ1) is 23.2. The Kier molecular flexibility index (Phi) is 8.97. The molecule has 160 valence electrons. The van der Waals surface area contributed by atoms with Crippen molar-refractivity contribution in [1.29, 1.82) is 0 Å². The van der Waals surface area contributed by atoms with Crippen molar-refractivity contribution >= 4 is 27.5 Å². The Morgan fingerprint density at radius 2 is 2.24 bits per heavy atom. The SMILES string of the molecule is C=CCCC(O)CN(CCOC)Cc1nc2sc(C(=O)OCC)c(C)c2c(=O)[nH]1. The molecule has 0 fully saturated rings. The number of nitrogens with one attached hydrogen (secondary N) is 1. The number of carbonyl (C=O) groups excluding carboxylic acids is 1. The number of hydrogen-bond acceptors (Lipinski definition) is 8. The van der Waals surface area contributed by atoms with E-state index in [1.54, 1.807) is 27.0 Å². The van der Waals surface area contributed by atoms with Crippen LogP contribution in [-0.4, -0.2) is 65.5 Å². The first-order valence-electron chi connectivity index (χ1n) is 9.60. The maximum absolute atomic E-state index is 12.6. The molecule has 0 spiro atoms. The number of H-pyrrole nitrogens is 1. The summed E-state index contributed by atoms with van der Waals surface area (Å²) >= 11 is 1.16. The van der Waals surface area contributed by atoms with Crippen LogP contribution in [0.2, 0.25) is 0 Å². The average molecular weight is 424 g/mol. The van der Waals surface area contributed by atoms with E-state index in [4.69, 9.17) is 9.47 Å². The summed E-state index contributed by atoms with van der Waals surface area (Å²) in [6.45, 7) is 9.26. The molecule has 0 radical (unpaired) electrons. The van der Waals surface area contributed by atoms with Gasteiger partial charge in [-0.3, -0.25) is 9.69 Å². The van der Waals surface area contributed by atoms with Gasteiger partial charge in [-0.2, -0.15) is 0 Å². The Hall–Kier alpha value is -2.07. The van der Waals surface area contributed by atoms with Crippen LogP contribution in [0.1, 0.15) is 40.8 Å². The van der Waals surface area contributed by atoms with E-state index in [2.05, 4.69) is 16.5 Å². The molecule has 0 aliphatic carbocycles. The van der Waals surface area contributed by atoms with Gasteiger partial charge < -0.3 is 19.6 Å². The minimum Gasteiger partial charge on any atom is -0.462 e. The van der Waals surface area contributed by atoms with E-state index in [1.807, 2.05) is 4.90 Å². The van der Waals surface area contributed by atoms with Gasteiger partial charge in [0.2, 0.25) is 0 Å². The third-order valence-corrected chi connectivity index (χ3v) is 5.63. The Balaban J connectivity index is 2.27. The van der Waals surface area contributed by atoms with Crippen LogP contribution in [0.5, 0.6) is 0 Å². The van der Waals surface area contributed by atoms with Crippen molar-refractivity contribution in [3.8, 4) is 0 Å². The number of ether oxygens (including phenoxy) is 2. The highest BCUT2D eigenvalue weighted by Gasteiger charge is 2.21. The lowest BCUT2D eigenvalue weighted by Crippen LogP contribution is -2.35. The molecule has 29 heavy (non-hydrogen) atoms. The monoisotopic (exact) mass is 423 g/mol. The number of esters is 1. The number of thiophene rings is 1. The van der Waals surface area contributed by atoms with Crippen molar-refractivity contribution in [2.75, 3.05) is 33.4 Å². The van der Waals surface area contributed by atoms with Crippen LogP contribution in [0.25, 0.3) is 10.2 Å². The number of rotatable bonds is 12. The molecule has 0 bridgehead atoms. The zero-order chi connectivity index (χ0) is 21.4. The standard InChI is InChI=1S/C20H29N3O5S/c1-5-7-8-14(24)11-23(9-10-27-4)12-15-21-18(25)16-13(3)17(20(26)28-6-2)29-19(16)22-15/h5,14,24H,1,6-12H2,2-4H3,(H,21,22,25). The molecule has 2 aromatic rings. The van der Waals surface area contributed by atoms with Crippen LogP contribution < -0.4 is 5.56 Å². The van der Waals surface area contributed by atoms with Gasteiger partial charge in [-0.25, -0.2) is 9.78 Å². The molecule has 9 heteroatoms. The maximum atomic E-state index is 12.6. The molecule has 0 saturated carbocycles. The number of nitrogens with zero attached hydrogens (tertiary/aromatic N) is 2. The van der Waals surface area contributed by atoms with E-state index in [1.165, 1.54) is 0 Å². The van der Waals surface area contributed by atoms with Crippen LogP contribution in [0.3, 0.4) is 0 Å². The van der Waals surface area contributed by atoms with E-state index in [-0.39, 0.29) is 12.2 Å². The smallest absolute Gasteiger partial charge is 0.348 e. The summed E-state index contributed by atoms with van der Waals surface area (Å²) in [5, 5.41) is 10.6. The number of carbonyl (C=O) groups is 1. The van der Waals surface area contributed by atoms with Crippen LogP contribution in [-0.2, 0) is 16.0 Å². The minimum atomic E-state index is -0.514. The fraction of sp³-hybridized carbons (Fsp3) is 0.550. The van der Waals surface area contributed by atoms with Crippen molar-refractivity contribution in [3.63, 3.8) is 0 Å². The second kappa shape index (κ2) is 11.2. The summed E-state index contributed by atoms with van der Waals surface area (Å²) in [6, 6.07) is 0. The van der Waals surface area contributed by atoms with Crippen LogP contribution >= 0.6 is 11.3 Å². The first-order chi connectivity index (χ1) is 13.9. The second-order valence-corrected chi connectivity index (χ2v) is 7.72. The van der Waals surface area contributed by atoms with Gasteiger partial charge >= 0.3 is 5.97 Å². The minimum absolute atomic E-state index is 0.268. The summed E-state index contributed by atoms with van der Waals surface area (Å²) < 4.78 is 10.2. The highest BCUT2D eigenvalue weighted by molar-refractivity contribution is 7.20. The van der Waals surface area contributed by atoms with Gasteiger partial charge in [0, 0.05) is 20.2 Å². The molecule has 1 atom stereocenters. The van der Waals surface area contributed by atoms with Crippen molar-refractivity contribution in [3.05, 3.63) is 39.3 Å². The Labute approximate surface area is 174 Å². The fourth-order valence-electron chi connectivity index (χ4n) is 3.02. The number of aliphatic hydroxyl groups excluding tert-OH is 1. The lowest BCUT2D eigenvalue weighted by Gasteiger charge is -2.24. The van der Waals surface area contributed by atoms with Crippen LogP contribution in [0.15, 0.2) is 17.4 Å². The molecule has 0 saturated heterocycles. The van der Waals surface area contributed by atoms with Gasteiger partial charge in [-0.05, 0) is 32.3 Å².